The van der Waals surface area contributed by atoms with Crippen LogP contribution in [0.15, 0.2) is 11.4 Å². The molecule has 0 aliphatic heterocycles. The minimum Gasteiger partial charge on any atom is -0.473 e. The summed E-state index contributed by atoms with van der Waals surface area (Å²) in [5.41, 5.74) is 6.55. The van der Waals surface area contributed by atoms with Gasteiger partial charge < -0.3 is 15.2 Å². The second-order valence-electron chi connectivity index (χ2n) is 5.61. The normalized spacial score (nSPS) is 15.8. The van der Waals surface area contributed by atoms with Gasteiger partial charge in [-0.15, -0.1) is 11.8 Å². The maximum atomic E-state index is 11.4. The van der Waals surface area contributed by atoms with E-state index in [4.69, 9.17) is 15.2 Å². The van der Waals surface area contributed by atoms with Gasteiger partial charge in [-0.3, -0.25) is 4.79 Å². The van der Waals surface area contributed by atoms with E-state index in [0.29, 0.717) is 23.0 Å². The van der Waals surface area contributed by atoms with Crippen LogP contribution in [-0.2, 0) is 9.53 Å². The summed E-state index contributed by atoms with van der Waals surface area (Å²) in [6.45, 7) is 3.84. The molecule has 0 atom stereocenters. The minimum atomic E-state index is -0.160. The number of methoxy groups -OCH3 is 1. The topological polar surface area (TPSA) is 87.3 Å². The number of carbonyl (C=O) groups excluding carboxylic acids is 1. The molecule has 1 heterocycles. The molecule has 0 saturated heterocycles. The molecule has 1 aromatic rings. The third kappa shape index (κ3) is 4.23. The van der Waals surface area contributed by atoms with E-state index in [-0.39, 0.29) is 17.5 Å². The van der Waals surface area contributed by atoms with Crippen LogP contribution >= 0.6 is 11.8 Å². The molecule has 0 bridgehead atoms. The molecule has 0 spiro atoms. The van der Waals surface area contributed by atoms with Crippen molar-refractivity contribution in [2.75, 3.05) is 18.6 Å². The Bertz CT molecular complexity index is 518. The number of hydrogen-bond donors (Lipinski definition) is 1. The summed E-state index contributed by atoms with van der Waals surface area (Å²) in [5.74, 6) is 1.05. The zero-order valence-corrected chi connectivity index (χ0v) is 13.4. The van der Waals surface area contributed by atoms with Gasteiger partial charge in [0.25, 0.3) is 0 Å². The maximum Gasteiger partial charge on any atom is 0.306 e. The Labute approximate surface area is 128 Å². The maximum absolute atomic E-state index is 11.4. The lowest BCUT2D eigenvalue weighted by Gasteiger charge is -2.15. The molecule has 2 rings (SSSR count). The van der Waals surface area contributed by atoms with Gasteiger partial charge in [0.2, 0.25) is 5.88 Å². The van der Waals surface area contributed by atoms with Crippen molar-refractivity contribution >= 4 is 23.4 Å². The molecule has 0 unspecified atom stereocenters. The number of nitrogens with two attached hydrogens (primary N) is 1. The van der Waals surface area contributed by atoms with Crippen LogP contribution in [0, 0.1) is 5.41 Å². The van der Waals surface area contributed by atoms with Crippen molar-refractivity contribution in [1.82, 2.24) is 9.97 Å². The highest BCUT2D eigenvalue weighted by atomic mass is 32.2. The SMILES string of the molecule is COC(=O)CC1(CSc2ncnc(OC(C)C)c2N)CC1. The summed E-state index contributed by atoms with van der Waals surface area (Å²) in [5, 5.41) is 0.705. The van der Waals surface area contributed by atoms with Gasteiger partial charge in [-0.05, 0) is 32.1 Å². The first-order valence-electron chi connectivity index (χ1n) is 6.92. The standard InChI is InChI=1S/C14H21N3O3S/c1-9(2)20-12-11(15)13(17-8-16-12)21-7-14(4-5-14)6-10(18)19-3/h8-9H,4-7,15H2,1-3H3. The number of hydrogen-bond acceptors (Lipinski definition) is 7. The molecule has 7 heteroatoms. The number of thioether (sulfide) groups is 1. The number of rotatable bonds is 7. The second-order valence-corrected chi connectivity index (χ2v) is 6.57. The van der Waals surface area contributed by atoms with E-state index in [9.17, 15) is 4.79 Å². The summed E-state index contributed by atoms with van der Waals surface area (Å²) in [4.78, 5) is 19.7. The summed E-state index contributed by atoms with van der Waals surface area (Å²) in [7, 11) is 1.42. The molecule has 2 N–H and O–H groups in total. The highest BCUT2D eigenvalue weighted by Gasteiger charge is 2.44. The first-order chi connectivity index (χ1) is 9.96. The molecule has 1 aliphatic carbocycles. The Morgan fingerprint density at radius 3 is 2.76 bits per heavy atom. The van der Waals surface area contributed by atoms with Crippen LogP contribution in [0.2, 0.25) is 0 Å². The molecular formula is C14H21N3O3S. The summed E-state index contributed by atoms with van der Waals surface area (Å²) in [6, 6.07) is 0. The number of nitrogen functional groups attached to an aromatic ring is 1. The van der Waals surface area contributed by atoms with Crippen LogP contribution in [0.3, 0.4) is 0 Å². The van der Waals surface area contributed by atoms with Gasteiger partial charge in [-0.1, -0.05) is 0 Å². The lowest BCUT2D eigenvalue weighted by molar-refractivity contribution is -0.141. The summed E-state index contributed by atoms with van der Waals surface area (Å²) in [6.07, 6.45) is 3.99. The van der Waals surface area contributed by atoms with Gasteiger partial charge in [-0.25, -0.2) is 4.98 Å². The lowest BCUT2D eigenvalue weighted by Crippen LogP contribution is -2.14. The number of aromatic nitrogens is 2. The zero-order valence-electron chi connectivity index (χ0n) is 12.6. The van der Waals surface area contributed by atoms with Crippen molar-refractivity contribution in [2.45, 2.75) is 44.2 Å². The Morgan fingerprint density at radius 2 is 2.19 bits per heavy atom. The molecule has 0 amide bonds. The lowest BCUT2D eigenvalue weighted by atomic mass is 10.1. The van der Waals surface area contributed by atoms with Crippen LogP contribution in [0.5, 0.6) is 5.88 Å². The van der Waals surface area contributed by atoms with Crippen molar-refractivity contribution in [3.63, 3.8) is 0 Å². The zero-order chi connectivity index (χ0) is 15.5. The minimum absolute atomic E-state index is 0.00847. The van der Waals surface area contributed by atoms with Gasteiger partial charge in [0.15, 0.2) is 0 Å². The molecule has 21 heavy (non-hydrogen) atoms. The molecule has 0 aromatic carbocycles. The highest BCUT2D eigenvalue weighted by Crippen LogP contribution is 2.52. The van der Waals surface area contributed by atoms with Crippen molar-refractivity contribution in [2.24, 2.45) is 5.41 Å². The largest absolute Gasteiger partial charge is 0.473 e. The van der Waals surface area contributed by atoms with Gasteiger partial charge in [0.05, 0.1) is 19.6 Å². The highest BCUT2D eigenvalue weighted by molar-refractivity contribution is 7.99. The van der Waals surface area contributed by atoms with E-state index in [2.05, 4.69) is 9.97 Å². The van der Waals surface area contributed by atoms with E-state index >= 15 is 0 Å². The third-order valence-electron chi connectivity index (χ3n) is 3.38. The Hall–Kier alpha value is -1.50. The van der Waals surface area contributed by atoms with Crippen molar-refractivity contribution in [1.29, 1.82) is 0 Å². The second kappa shape index (κ2) is 6.51. The number of anilines is 1. The molecule has 0 radical (unpaired) electrons. The molecule has 1 aromatic heterocycles. The number of nitrogens with zero attached hydrogens (tertiary/aromatic N) is 2. The summed E-state index contributed by atoms with van der Waals surface area (Å²) >= 11 is 1.55. The van der Waals surface area contributed by atoms with Crippen LogP contribution in [-0.4, -0.2) is 34.9 Å². The Kier molecular flexibility index (Phi) is 4.92. The fraction of sp³-hybridized carbons (Fsp3) is 0.643. The van der Waals surface area contributed by atoms with E-state index in [1.54, 1.807) is 11.8 Å². The Morgan fingerprint density at radius 1 is 1.48 bits per heavy atom. The molecule has 1 saturated carbocycles. The first kappa shape index (κ1) is 15.9. The van der Waals surface area contributed by atoms with Crippen LogP contribution in [0.25, 0.3) is 0 Å². The predicted octanol–water partition coefficient (Wildman–Crippen LogP) is 2.28. The molecule has 1 aliphatic rings. The monoisotopic (exact) mass is 311 g/mol. The van der Waals surface area contributed by atoms with Gasteiger partial charge >= 0.3 is 5.97 Å². The van der Waals surface area contributed by atoms with Gasteiger partial charge in [0.1, 0.15) is 17.0 Å². The quantitative estimate of drug-likeness (QED) is 0.469. The predicted molar refractivity (Wildman–Crippen MR) is 81.2 cm³/mol. The summed E-state index contributed by atoms with van der Waals surface area (Å²) < 4.78 is 10.3. The smallest absolute Gasteiger partial charge is 0.306 e. The van der Waals surface area contributed by atoms with Crippen molar-refractivity contribution in [3.05, 3.63) is 6.33 Å². The van der Waals surface area contributed by atoms with Crippen LogP contribution < -0.4 is 10.5 Å². The average molecular weight is 311 g/mol. The molecule has 6 nitrogen and oxygen atoms in total. The third-order valence-corrected chi connectivity index (χ3v) is 4.73. The average Bonchev–Trinajstić information content (AvgIpc) is 3.19. The Balaban J connectivity index is 1.99. The van der Waals surface area contributed by atoms with E-state index < -0.39 is 0 Å². The fourth-order valence-corrected chi connectivity index (χ4v) is 3.14. The number of carbonyl (C=O) groups is 1. The van der Waals surface area contributed by atoms with Crippen LogP contribution in [0.1, 0.15) is 33.1 Å². The van der Waals surface area contributed by atoms with Crippen molar-refractivity contribution < 1.29 is 14.3 Å². The molecular weight excluding hydrogens is 290 g/mol. The number of esters is 1. The van der Waals surface area contributed by atoms with Crippen LogP contribution in [0.4, 0.5) is 5.69 Å². The van der Waals surface area contributed by atoms with E-state index in [1.165, 1.54) is 13.4 Å². The fourth-order valence-electron chi connectivity index (χ4n) is 1.95. The van der Waals surface area contributed by atoms with E-state index in [1.807, 2.05) is 13.8 Å². The molecule has 116 valence electrons. The van der Waals surface area contributed by atoms with Gasteiger partial charge in [0, 0.05) is 5.75 Å². The first-order valence-corrected chi connectivity index (χ1v) is 7.91. The van der Waals surface area contributed by atoms with Crippen molar-refractivity contribution in [3.8, 4) is 5.88 Å². The number of ether oxygens (including phenoxy) is 2. The van der Waals surface area contributed by atoms with Gasteiger partial charge in [-0.2, -0.15) is 4.98 Å². The molecule has 1 fully saturated rings. The van der Waals surface area contributed by atoms with E-state index in [0.717, 1.165) is 18.6 Å².